The van der Waals surface area contributed by atoms with Crippen molar-refractivity contribution in [2.75, 3.05) is 52.5 Å². The number of amides is 1. The highest BCUT2D eigenvalue weighted by atomic mass is 35.5. The van der Waals surface area contributed by atoms with Gasteiger partial charge in [-0.25, -0.2) is 4.99 Å². The number of nitrogens with zero attached hydrogens (tertiary/aromatic N) is 3. The zero-order valence-corrected chi connectivity index (χ0v) is 17.2. The van der Waals surface area contributed by atoms with Gasteiger partial charge in [-0.15, -0.1) is 0 Å². The standard InChI is InChI=1S/C20H29ClN4O3/c1-2-22-20(23-9-15-27-17-7-5-16(21)6-8-17)25-12-10-24(11-13-25)19(26)18-4-3-14-28-18/h5-8,18H,2-4,9-15H2,1H3,(H,22,23). The Hall–Kier alpha value is -1.99. The molecule has 7 nitrogen and oxygen atoms in total. The summed E-state index contributed by atoms with van der Waals surface area (Å²) in [5, 5.41) is 4.02. The Morgan fingerprint density at radius 3 is 2.61 bits per heavy atom. The number of carbonyl (C=O) groups excluding carboxylic acids is 1. The van der Waals surface area contributed by atoms with Crippen molar-refractivity contribution in [2.24, 2.45) is 4.99 Å². The van der Waals surface area contributed by atoms with Gasteiger partial charge >= 0.3 is 0 Å². The zero-order valence-electron chi connectivity index (χ0n) is 16.4. The van der Waals surface area contributed by atoms with E-state index in [1.807, 2.05) is 29.2 Å². The van der Waals surface area contributed by atoms with E-state index >= 15 is 0 Å². The third kappa shape index (κ3) is 5.75. The Morgan fingerprint density at radius 1 is 1.25 bits per heavy atom. The Kier molecular flexibility index (Phi) is 7.80. The topological polar surface area (TPSA) is 66.4 Å². The summed E-state index contributed by atoms with van der Waals surface area (Å²) >= 11 is 5.88. The predicted molar refractivity (Wildman–Crippen MR) is 110 cm³/mol. The zero-order chi connectivity index (χ0) is 19.8. The van der Waals surface area contributed by atoms with Crippen LogP contribution >= 0.6 is 11.6 Å². The lowest BCUT2D eigenvalue weighted by Crippen LogP contribution is -2.55. The van der Waals surface area contributed by atoms with E-state index in [0.717, 1.165) is 44.2 Å². The number of halogens is 1. The molecule has 2 aliphatic rings. The van der Waals surface area contributed by atoms with Gasteiger partial charge in [0, 0.05) is 44.4 Å². The molecule has 2 heterocycles. The number of guanidine groups is 1. The molecule has 1 atom stereocenters. The first-order valence-corrected chi connectivity index (χ1v) is 10.4. The summed E-state index contributed by atoms with van der Waals surface area (Å²) in [6.45, 7) is 7.53. The van der Waals surface area contributed by atoms with Crippen LogP contribution in [-0.4, -0.2) is 80.3 Å². The molecule has 0 spiro atoms. The largest absolute Gasteiger partial charge is 0.492 e. The van der Waals surface area contributed by atoms with Crippen LogP contribution in [0.1, 0.15) is 19.8 Å². The summed E-state index contributed by atoms with van der Waals surface area (Å²) in [5.74, 6) is 1.78. The van der Waals surface area contributed by atoms with E-state index in [1.165, 1.54) is 0 Å². The van der Waals surface area contributed by atoms with Gasteiger partial charge in [-0.3, -0.25) is 4.79 Å². The van der Waals surface area contributed by atoms with Crippen molar-refractivity contribution < 1.29 is 14.3 Å². The molecule has 0 bridgehead atoms. The van der Waals surface area contributed by atoms with Gasteiger partial charge in [-0.1, -0.05) is 11.6 Å². The number of carbonyl (C=O) groups is 1. The molecule has 2 aliphatic heterocycles. The minimum absolute atomic E-state index is 0.135. The van der Waals surface area contributed by atoms with Crippen LogP contribution in [0.25, 0.3) is 0 Å². The summed E-state index contributed by atoms with van der Waals surface area (Å²) in [6.07, 6.45) is 1.58. The molecule has 8 heteroatoms. The number of hydrogen-bond acceptors (Lipinski definition) is 4. The number of hydrogen-bond donors (Lipinski definition) is 1. The van der Waals surface area contributed by atoms with Crippen molar-refractivity contribution in [1.29, 1.82) is 0 Å². The fourth-order valence-corrected chi connectivity index (χ4v) is 3.51. The minimum atomic E-state index is -0.238. The first-order valence-electron chi connectivity index (χ1n) is 9.99. The van der Waals surface area contributed by atoms with E-state index < -0.39 is 0 Å². The molecule has 0 aromatic heterocycles. The molecular weight excluding hydrogens is 380 g/mol. The number of ether oxygens (including phenoxy) is 2. The van der Waals surface area contributed by atoms with Gasteiger partial charge in [0.15, 0.2) is 5.96 Å². The lowest BCUT2D eigenvalue weighted by Gasteiger charge is -2.37. The van der Waals surface area contributed by atoms with E-state index in [4.69, 9.17) is 21.1 Å². The average Bonchev–Trinajstić information content (AvgIpc) is 3.26. The lowest BCUT2D eigenvalue weighted by molar-refractivity contribution is -0.142. The molecule has 1 amide bonds. The number of nitrogens with one attached hydrogen (secondary N) is 1. The molecule has 2 saturated heterocycles. The Bertz CT molecular complexity index is 654. The predicted octanol–water partition coefficient (Wildman–Crippen LogP) is 2.01. The number of piperazine rings is 1. The van der Waals surface area contributed by atoms with Crippen molar-refractivity contribution in [1.82, 2.24) is 15.1 Å². The lowest BCUT2D eigenvalue weighted by atomic mass is 10.2. The van der Waals surface area contributed by atoms with Gasteiger partial charge in [0.2, 0.25) is 0 Å². The summed E-state index contributed by atoms with van der Waals surface area (Å²) in [7, 11) is 0. The number of rotatable bonds is 6. The maximum absolute atomic E-state index is 12.5. The van der Waals surface area contributed by atoms with Gasteiger partial charge in [-0.05, 0) is 44.0 Å². The van der Waals surface area contributed by atoms with Crippen LogP contribution in [0.2, 0.25) is 5.02 Å². The van der Waals surface area contributed by atoms with Crippen LogP contribution in [0.3, 0.4) is 0 Å². The van der Waals surface area contributed by atoms with Gasteiger partial charge in [0.05, 0.1) is 6.54 Å². The van der Waals surface area contributed by atoms with Crippen molar-refractivity contribution >= 4 is 23.5 Å². The van der Waals surface area contributed by atoms with Crippen LogP contribution in [0, 0.1) is 0 Å². The van der Waals surface area contributed by atoms with Crippen molar-refractivity contribution in [3.05, 3.63) is 29.3 Å². The smallest absolute Gasteiger partial charge is 0.251 e. The van der Waals surface area contributed by atoms with E-state index in [1.54, 1.807) is 0 Å². The van der Waals surface area contributed by atoms with Crippen molar-refractivity contribution in [3.8, 4) is 5.75 Å². The first kappa shape index (κ1) is 20.7. The summed E-state index contributed by atoms with van der Waals surface area (Å²) in [6, 6.07) is 7.31. The highest BCUT2D eigenvalue weighted by molar-refractivity contribution is 6.30. The molecule has 1 aromatic rings. The summed E-state index contributed by atoms with van der Waals surface area (Å²) in [4.78, 5) is 21.3. The fourth-order valence-electron chi connectivity index (χ4n) is 3.39. The van der Waals surface area contributed by atoms with Gasteiger partial charge < -0.3 is 24.6 Å². The molecule has 1 aromatic carbocycles. The van der Waals surface area contributed by atoms with E-state index in [9.17, 15) is 4.79 Å². The van der Waals surface area contributed by atoms with Gasteiger partial charge in [-0.2, -0.15) is 0 Å². The molecule has 0 saturated carbocycles. The molecule has 28 heavy (non-hydrogen) atoms. The van der Waals surface area contributed by atoms with Crippen molar-refractivity contribution in [3.63, 3.8) is 0 Å². The highest BCUT2D eigenvalue weighted by Gasteiger charge is 2.30. The second-order valence-corrected chi connectivity index (χ2v) is 7.29. The molecule has 1 N–H and O–H groups in total. The van der Waals surface area contributed by atoms with Gasteiger partial charge in [0.25, 0.3) is 5.91 Å². The molecule has 0 aliphatic carbocycles. The second-order valence-electron chi connectivity index (χ2n) is 6.85. The minimum Gasteiger partial charge on any atom is -0.492 e. The quantitative estimate of drug-likeness (QED) is 0.443. The summed E-state index contributed by atoms with van der Waals surface area (Å²) in [5.41, 5.74) is 0. The second kappa shape index (κ2) is 10.5. The van der Waals surface area contributed by atoms with Gasteiger partial charge in [0.1, 0.15) is 18.5 Å². The van der Waals surface area contributed by atoms with E-state index in [-0.39, 0.29) is 12.0 Å². The maximum atomic E-state index is 12.5. The molecule has 0 radical (unpaired) electrons. The molecule has 3 rings (SSSR count). The van der Waals surface area contributed by atoms with Crippen LogP contribution in [0.4, 0.5) is 0 Å². The maximum Gasteiger partial charge on any atom is 0.251 e. The molecule has 2 fully saturated rings. The van der Waals surface area contributed by atoms with E-state index in [2.05, 4.69) is 22.1 Å². The Balaban J connectivity index is 1.46. The fraction of sp³-hybridized carbons (Fsp3) is 0.600. The van der Waals surface area contributed by atoms with Crippen molar-refractivity contribution in [2.45, 2.75) is 25.9 Å². The Morgan fingerprint density at radius 2 is 1.96 bits per heavy atom. The third-order valence-electron chi connectivity index (χ3n) is 4.87. The molecular formula is C20H29ClN4O3. The highest BCUT2D eigenvalue weighted by Crippen LogP contribution is 2.16. The normalized spacial score (nSPS) is 20.4. The van der Waals surface area contributed by atoms with Crippen LogP contribution in [0.5, 0.6) is 5.75 Å². The third-order valence-corrected chi connectivity index (χ3v) is 5.12. The van der Waals surface area contributed by atoms with E-state index in [0.29, 0.717) is 37.9 Å². The van der Waals surface area contributed by atoms with Crippen LogP contribution in [0.15, 0.2) is 29.3 Å². The number of aliphatic imine (C=N–C) groups is 1. The molecule has 154 valence electrons. The SMILES string of the molecule is CCNC(=NCCOc1ccc(Cl)cc1)N1CCN(C(=O)C2CCCO2)CC1. The number of benzene rings is 1. The average molecular weight is 409 g/mol. The Labute approximate surface area is 171 Å². The monoisotopic (exact) mass is 408 g/mol. The summed E-state index contributed by atoms with van der Waals surface area (Å²) < 4.78 is 11.2. The van der Waals surface area contributed by atoms with Crippen LogP contribution < -0.4 is 10.1 Å². The van der Waals surface area contributed by atoms with Crippen LogP contribution in [-0.2, 0) is 9.53 Å². The molecule has 1 unspecified atom stereocenters. The first-order chi connectivity index (χ1) is 13.7.